The molecule has 0 fully saturated rings. The summed E-state index contributed by atoms with van der Waals surface area (Å²) in [6.45, 7) is 5.57. The van der Waals surface area contributed by atoms with E-state index in [9.17, 15) is 14.9 Å². The van der Waals surface area contributed by atoms with Crippen LogP contribution in [0.3, 0.4) is 0 Å². The molecule has 1 aromatic heterocycles. The molecule has 1 atom stereocenters. The zero-order valence-corrected chi connectivity index (χ0v) is 19.1. The summed E-state index contributed by atoms with van der Waals surface area (Å²) < 4.78 is 1.60. The minimum absolute atomic E-state index is 0.0308. The van der Waals surface area contributed by atoms with Crippen molar-refractivity contribution >= 4 is 34.8 Å². The maximum Gasteiger partial charge on any atom is 0.312 e. The standard InChI is InChI=1S/C22H22Cl2N4O3/c1-13-21(28(30)31)15(3)27(25-13)12-16-5-7-17(8-6-16)22(29)26(4)14(2)19-10-9-18(23)11-20(19)24/h5-11,14H,12H2,1-4H3. The van der Waals surface area contributed by atoms with Crippen molar-refractivity contribution in [1.29, 1.82) is 0 Å². The molecule has 3 rings (SSSR count). The minimum atomic E-state index is -0.417. The van der Waals surface area contributed by atoms with Crippen molar-refractivity contribution in [3.63, 3.8) is 0 Å². The highest BCUT2D eigenvalue weighted by molar-refractivity contribution is 6.35. The summed E-state index contributed by atoms with van der Waals surface area (Å²) >= 11 is 12.3. The van der Waals surface area contributed by atoms with Gasteiger partial charge in [0.2, 0.25) is 0 Å². The van der Waals surface area contributed by atoms with Gasteiger partial charge < -0.3 is 4.90 Å². The molecule has 1 unspecified atom stereocenters. The fraction of sp³-hybridized carbons (Fsp3) is 0.273. The third-order valence-corrected chi connectivity index (χ3v) is 5.94. The van der Waals surface area contributed by atoms with Crippen LogP contribution in [-0.2, 0) is 6.54 Å². The predicted molar refractivity (Wildman–Crippen MR) is 121 cm³/mol. The largest absolute Gasteiger partial charge is 0.335 e. The summed E-state index contributed by atoms with van der Waals surface area (Å²) in [4.78, 5) is 25.3. The molecule has 31 heavy (non-hydrogen) atoms. The van der Waals surface area contributed by atoms with Gasteiger partial charge in [-0.05, 0) is 56.2 Å². The van der Waals surface area contributed by atoms with Crippen LogP contribution in [0.4, 0.5) is 5.69 Å². The number of nitro groups is 1. The van der Waals surface area contributed by atoms with E-state index in [1.54, 1.807) is 54.7 Å². The number of hydrogen-bond donors (Lipinski definition) is 0. The number of aryl methyl sites for hydroxylation is 1. The van der Waals surface area contributed by atoms with Gasteiger partial charge in [-0.1, -0.05) is 41.4 Å². The normalized spacial score (nSPS) is 11.9. The average molecular weight is 461 g/mol. The summed E-state index contributed by atoms with van der Waals surface area (Å²) in [7, 11) is 1.72. The predicted octanol–water partition coefficient (Wildman–Crippen LogP) is 5.60. The molecule has 0 aliphatic heterocycles. The highest BCUT2D eigenvalue weighted by Gasteiger charge is 2.23. The molecule has 0 radical (unpaired) electrons. The summed E-state index contributed by atoms with van der Waals surface area (Å²) in [5, 5.41) is 16.5. The zero-order valence-electron chi connectivity index (χ0n) is 17.6. The maximum absolute atomic E-state index is 12.9. The topological polar surface area (TPSA) is 81.3 Å². The number of carbonyl (C=O) groups excluding carboxylic acids is 1. The number of benzene rings is 2. The molecule has 3 aromatic rings. The van der Waals surface area contributed by atoms with Crippen molar-refractivity contribution in [2.45, 2.75) is 33.4 Å². The summed E-state index contributed by atoms with van der Waals surface area (Å²) in [5.41, 5.74) is 3.13. The summed E-state index contributed by atoms with van der Waals surface area (Å²) in [6, 6.07) is 12.1. The van der Waals surface area contributed by atoms with E-state index in [4.69, 9.17) is 23.2 Å². The van der Waals surface area contributed by atoms with Crippen LogP contribution in [0, 0.1) is 24.0 Å². The molecule has 0 bridgehead atoms. The molecule has 0 aliphatic carbocycles. The lowest BCUT2D eigenvalue weighted by molar-refractivity contribution is -0.386. The first-order valence-electron chi connectivity index (χ1n) is 9.59. The van der Waals surface area contributed by atoms with Crippen LogP contribution in [0.1, 0.15) is 45.8 Å². The molecule has 1 heterocycles. The van der Waals surface area contributed by atoms with Gasteiger partial charge >= 0.3 is 5.69 Å². The number of carbonyl (C=O) groups is 1. The van der Waals surface area contributed by atoms with Crippen LogP contribution in [0.15, 0.2) is 42.5 Å². The first kappa shape index (κ1) is 22.8. The molecule has 9 heteroatoms. The molecule has 0 N–H and O–H groups in total. The van der Waals surface area contributed by atoms with E-state index in [0.717, 1.165) is 11.1 Å². The van der Waals surface area contributed by atoms with Crippen molar-refractivity contribution in [3.05, 3.63) is 90.7 Å². The smallest absolute Gasteiger partial charge is 0.312 e. The Morgan fingerprint density at radius 3 is 2.39 bits per heavy atom. The molecule has 162 valence electrons. The maximum atomic E-state index is 12.9. The van der Waals surface area contributed by atoms with E-state index in [2.05, 4.69) is 5.10 Å². The minimum Gasteiger partial charge on any atom is -0.335 e. The van der Waals surface area contributed by atoms with Gasteiger partial charge in [0.25, 0.3) is 5.91 Å². The second-order valence-electron chi connectivity index (χ2n) is 7.39. The van der Waals surface area contributed by atoms with E-state index in [1.807, 2.05) is 25.1 Å². The van der Waals surface area contributed by atoms with Gasteiger partial charge in [-0.3, -0.25) is 19.6 Å². The molecular weight excluding hydrogens is 439 g/mol. The second-order valence-corrected chi connectivity index (χ2v) is 8.23. The van der Waals surface area contributed by atoms with Crippen molar-refractivity contribution < 1.29 is 9.72 Å². The van der Waals surface area contributed by atoms with Crippen LogP contribution in [0.2, 0.25) is 10.0 Å². The number of halogens is 2. The monoisotopic (exact) mass is 460 g/mol. The molecule has 0 saturated carbocycles. The Hall–Kier alpha value is -2.90. The van der Waals surface area contributed by atoms with Crippen molar-refractivity contribution in [2.75, 3.05) is 7.05 Å². The fourth-order valence-corrected chi connectivity index (χ4v) is 4.03. The third kappa shape index (κ3) is 4.73. The van der Waals surface area contributed by atoms with Crippen LogP contribution in [-0.4, -0.2) is 32.6 Å². The van der Waals surface area contributed by atoms with Crippen molar-refractivity contribution in [3.8, 4) is 0 Å². The van der Waals surface area contributed by atoms with Gasteiger partial charge in [0.15, 0.2) is 0 Å². The Morgan fingerprint density at radius 1 is 1.19 bits per heavy atom. The molecular formula is C22H22Cl2N4O3. The quantitative estimate of drug-likeness (QED) is 0.354. The van der Waals surface area contributed by atoms with E-state index in [-0.39, 0.29) is 17.6 Å². The third-order valence-electron chi connectivity index (χ3n) is 5.37. The van der Waals surface area contributed by atoms with Crippen LogP contribution in [0.5, 0.6) is 0 Å². The first-order chi connectivity index (χ1) is 14.6. The molecule has 1 amide bonds. The number of aromatic nitrogens is 2. The van der Waals surface area contributed by atoms with Gasteiger partial charge in [-0.2, -0.15) is 5.10 Å². The van der Waals surface area contributed by atoms with Crippen LogP contribution in [0.25, 0.3) is 0 Å². The first-order valence-corrected chi connectivity index (χ1v) is 10.3. The number of amides is 1. The SMILES string of the molecule is Cc1nn(Cc2ccc(C(=O)N(C)C(C)c3ccc(Cl)cc3Cl)cc2)c(C)c1[N+](=O)[O-]. The summed E-state index contributed by atoms with van der Waals surface area (Å²) in [5.74, 6) is -0.146. The lowest BCUT2D eigenvalue weighted by Gasteiger charge is -2.26. The van der Waals surface area contributed by atoms with E-state index in [0.29, 0.717) is 33.5 Å². The second kappa shape index (κ2) is 9.08. The molecule has 0 saturated heterocycles. The van der Waals surface area contributed by atoms with Gasteiger partial charge in [0.1, 0.15) is 11.4 Å². The highest BCUT2D eigenvalue weighted by atomic mass is 35.5. The van der Waals surface area contributed by atoms with Gasteiger partial charge in [-0.15, -0.1) is 0 Å². The number of nitrogens with zero attached hydrogens (tertiary/aromatic N) is 4. The number of hydrogen-bond acceptors (Lipinski definition) is 4. The molecule has 2 aromatic carbocycles. The van der Waals surface area contributed by atoms with E-state index >= 15 is 0 Å². The Balaban J connectivity index is 1.76. The lowest BCUT2D eigenvalue weighted by atomic mass is 10.1. The van der Waals surface area contributed by atoms with E-state index in [1.165, 1.54) is 0 Å². The van der Waals surface area contributed by atoms with Crippen molar-refractivity contribution in [1.82, 2.24) is 14.7 Å². The Morgan fingerprint density at radius 2 is 1.84 bits per heavy atom. The van der Waals surface area contributed by atoms with Crippen molar-refractivity contribution in [2.24, 2.45) is 0 Å². The van der Waals surface area contributed by atoms with Gasteiger partial charge in [0.05, 0.1) is 17.5 Å². The van der Waals surface area contributed by atoms with Gasteiger partial charge in [0, 0.05) is 22.7 Å². The lowest BCUT2D eigenvalue weighted by Crippen LogP contribution is -2.29. The molecule has 0 aliphatic rings. The summed E-state index contributed by atoms with van der Waals surface area (Å²) in [6.07, 6.45) is 0. The van der Waals surface area contributed by atoms with Crippen LogP contribution < -0.4 is 0 Å². The van der Waals surface area contributed by atoms with E-state index < -0.39 is 4.92 Å². The molecule has 0 spiro atoms. The Bertz CT molecular complexity index is 1140. The molecule has 7 nitrogen and oxygen atoms in total. The number of rotatable bonds is 6. The van der Waals surface area contributed by atoms with Crippen LogP contribution >= 0.6 is 23.2 Å². The Labute approximate surface area is 190 Å². The highest BCUT2D eigenvalue weighted by Crippen LogP contribution is 2.30. The van der Waals surface area contributed by atoms with Gasteiger partial charge in [-0.25, -0.2) is 0 Å². The average Bonchev–Trinajstić information content (AvgIpc) is 3.00. The Kier molecular flexibility index (Phi) is 6.67. The fourth-order valence-electron chi connectivity index (χ4n) is 3.46. The zero-order chi connectivity index (χ0) is 22.9.